The molecule has 0 rings (SSSR count). The molecule has 0 radical (unpaired) electrons. The second-order valence-electron chi connectivity index (χ2n) is 3.09. The second kappa shape index (κ2) is 7.97. The van der Waals surface area contributed by atoms with Crippen molar-refractivity contribution in [3.63, 3.8) is 0 Å². The molecular weight excluding hydrogens is 200 g/mol. The summed E-state index contributed by atoms with van der Waals surface area (Å²) in [6, 6.07) is 0. The van der Waals surface area contributed by atoms with Crippen molar-refractivity contribution in [3.8, 4) is 0 Å². The van der Waals surface area contributed by atoms with Crippen molar-refractivity contribution in [2.45, 2.75) is 45.3 Å². The molecule has 0 spiro atoms. The lowest BCUT2D eigenvalue weighted by molar-refractivity contribution is -0.142. The maximum absolute atomic E-state index is 11.7. The Bertz CT molecular complexity index is 192. The number of unbranched alkanes of at least 4 members (excludes halogenated alkanes) is 1. The van der Waals surface area contributed by atoms with Gasteiger partial charge in [-0.2, -0.15) is 0 Å². The van der Waals surface area contributed by atoms with Crippen LogP contribution in [-0.2, 0) is 20.3 Å². The standard InChI is InChI=1S/C10H20O3S/c1-4-7-8-14(12)9(5-2)10(11)13-6-3/h9H,4-8H2,1-3H3. The van der Waals surface area contributed by atoms with E-state index in [-0.39, 0.29) is 5.97 Å². The summed E-state index contributed by atoms with van der Waals surface area (Å²) < 4.78 is 16.5. The maximum atomic E-state index is 11.7. The zero-order chi connectivity index (χ0) is 11.0. The lowest BCUT2D eigenvalue weighted by Crippen LogP contribution is -2.28. The van der Waals surface area contributed by atoms with E-state index in [1.807, 2.05) is 13.8 Å². The highest BCUT2D eigenvalue weighted by molar-refractivity contribution is 7.86. The van der Waals surface area contributed by atoms with Crippen molar-refractivity contribution < 1.29 is 13.7 Å². The fourth-order valence-corrected chi connectivity index (χ4v) is 2.64. The summed E-state index contributed by atoms with van der Waals surface area (Å²) in [7, 11) is -1.06. The Morgan fingerprint density at radius 3 is 2.43 bits per heavy atom. The van der Waals surface area contributed by atoms with Crippen LogP contribution in [0, 0.1) is 0 Å². The Hall–Kier alpha value is -0.380. The molecule has 0 amide bonds. The molecule has 0 heterocycles. The molecule has 0 aliphatic rings. The summed E-state index contributed by atoms with van der Waals surface area (Å²) >= 11 is 0. The Balaban J connectivity index is 4.10. The van der Waals surface area contributed by atoms with Crippen molar-refractivity contribution in [1.29, 1.82) is 0 Å². The van der Waals surface area contributed by atoms with Crippen LogP contribution in [0.25, 0.3) is 0 Å². The third-order valence-corrected chi connectivity index (χ3v) is 3.79. The highest BCUT2D eigenvalue weighted by Crippen LogP contribution is 2.07. The minimum absolute atomic E-state index is 0.315. The highest BCUT2D eigenvalue weighted by atomic mass is 32.2. The van der Waals surface area contributed by atoms with Gasteiger partial charge in [-0.25, -0.2) is 0 Å². The van der Waals surface area contributed by atoms with Crippen LogP contribution in [0.3, 0.4) is 0 Å². The minimum Gasteiger partial charge on any atom is -0.465 e. The number of hydrogen-bond donors (Lipinski definition) is 0. The molecule has 0 aromatic rings. The molecule has 84 valence electrons. The first kappa shape index (κ1) is 13.6. The minimum atomic E-state index is -1.06. The van der Waals surface area contributed by atoms with Gasteiger partial charge in [-0.3, -0.25) is 9.00 Å². The van der Waals surface area contributed by atoms with E-state index in [0.29, 0.717) is 18.8 Å². The lowest BCUT2D eigenvalue weighted by atomic mass is 10.3. The van der Waals surface area contributed by atoms with Crippen molar-refractivity contribution in [1.82, 2.24) is 0 Å². The van der Waals surface area contributed by atoms with Gasteiger partial charge in [-0.1, -0.05) is 20.3 Å². The first-order valence-corrected chi connectivity index (χ1v) is 6.59. The summed E-state index contributed by atoms with van der Waals surface area (Å²) in [5.41, 5.74) is 0. The Labute approximate surface area is 88.7 Å². The SMILES string of the molecule is CCCCS(=O)C(CC)C(=O)OCC. The molecule has 0 fully saturated rings. The summed E-state index contributed by atoms with van der Waals surface area (Å²) in [6.07, 6.45) is 2.50. The van der Waals surface area contributed by atoms with Crippen molar-refractivity contribution >= 4 is 16.8 Å². The van der Waals surface area contributed by atoms with Crippen LogP contribution in [0.5, 0.6) is 0 Å². The normalized spacial score (nSPS) is 14.8. The van der Waals surface area contributed by atoms with Gasteiger partial charge in [0.25, 0.3) is 0 Å². The monoisotopic (exact) mass is 220 g/mol. The van der Waals surface area contributed by atoms with Crippen LogP contribution >= 0.6 is 0 Å². The van der Waals surface area contributed by atoms with Crippen molar-refractivity contribution in [2.24, 2.45) is 0 Å². The molecule has 0 aromatic heterocycles. The van der Waals surface area contributed by atoms with Crippen LogP contribution in [-0.4, -0.2) is 27.8 Å². The molecule has 0 bridgehead atoms. The molecule has 2 atom stereocenters. The van der Waals surface area contributed by atoms with E-state index in [4.69, 9.17) is 4.74 Å². The summed E-state index contributed by atoms with van der Waals surface area (Å²) in [6.45, 7) is 6.04. The van der Waals surface area contributed by atoms with Crippen LogP contribution < -0.4 is 0 Å². The van der Waals surface area contributed by atoms with Gasteiger partial charge in [0.05, 0.1) is 6.61 Å². The fraction of sp³-hybridized carbons (Fsp3) is 0.900. The third-order valence-electron chi connectivity index (χ3n) is 1.94. The number of carbonyl (C=O) groups excluding carboxylic acids is 1. The van der Waals surface area contributed by atoms with E-state index in [9.17, 15) is 9.00 Å². The average Bonchev–Trinajstić information content (AvgIpc) is 2.16. The first-order chi connectivity index (χ1) is 6.67. The fourth-order valence-electron chi connectivity index (χ4n) is 1.12. The highest BCUT2D eigenvalue weighted by Gasteiger charge is 2.23. The molecule has 3 nitrogen and oxygen atoms in total. The second-order valence-corrected chi connectivity index (χ2v) is 4.83. The van der Waals surface area contributed by atoms with Gasteiger partial charge in [-0.05, 0) is 19.8 Å². The van der Waals surface area contributed by atoms with Gasteiger partial charge in [0, 0.05) is 16.6 Å². The van der Waals surface area contributed by atoms with E-state index < -0.39 is 16.0 Å². The zero-order valence-corrected chi connectivity index (χ0v) is 10.1. The molecule has 0 aliphatic carbocycles. The molecule has 0 aromatic carbocycles. The predicted octanol–water partition coefficient (Wildman–Crippen LogP) is 1.88. The van der Waals surface area contributed by atoms with E-state index in [1.165, 1.54) is 0 Å². The topological polar surface area (TPSA) is 43.4 Å². The van der Waals surface area contributed by atoms with Gasteiger partial charge >= 0.3 is 5.97 Å². The van der Waals surface area contributed by atoms with E-state index in [2.05, 4.69) is 0 Å². The number of rotatable bonds is 7. The Morgan fingerprint density at radius 2 is 2.00 bits per heavy atom. The zero-order valence-electron chi connectivity index (χ0n) is 9.25. The van der Waals surface area contributed by atoms with Crippen molar-refractivity contribution in [3.05, 3.63) is 0 Å². The summed E-state index contributed by atoms with van der Waals surface area (Å²) in [4.78, 5) is 11.4. The molecule has 14 heavy (non-hydrogen) atoms. The molecule has 4 heteroatoms. The summed E-state index contributed by atoms with van der Waals surface area (Å²) in [5, 5.41) is -0.429. The van der Waals surface area contributed by atoms with Crippen molar-refractivity contribution in [2.75, 3.05) is 12.4 Å². The summed E-state index contributed by atoms with van der Waals surface area (Å²) in [5.74, 6) is 0.290. The number of hydrogen-bond acceptors (Lipinski definition) is 3. The average molecular weight is 220 g/mol. The third kappa shape index (κ3) is 4.74. The van der Waals surface area contributed by atoms with Gasteiger partial charge in [0.2, 0.25) is 0 Å². The Morgan fingerprint density at radius 1 is 1.36 bits per heavy atom. The number of ether oxygens (including phenoxy) is 1. The van der Waals surface area contributed by atoms with Crippen LogP contribution in [0.15, 0.2) is 0 Å². The predicted molar refractivity (Wildman–Crippen MR) is 58.6 cm³/mol. The lowest BCUT2D eigenvalue weighted by Gasteiger charge is -2.12. The molecule has 0 saturated heterocycles. The molecule has 0 saturated carbocycles. The van der Waals surface area contributed by atoms with Crippen LogP contribution in [0.1, 0.15) is 40.0 Å². The largest absolute Gasteiger partial charge is 0.465 e. The van der Waals surface area contributed by atoms with E-state index >= 15 is 0 Å². The number of carbonyl (C=O) groups is 1. The quantitative estimate of drug-likeness (QED) is 0.615. The van der Waals surface area contributed by atoms with Gasteiger partial charge in [-0.15, -0.1) is 0 Å². The number of esters is 1. The van der Waals surface area contributed by atoms with Gasteiger partial charge in [0.15, 0.2) is 0 Å². The Kier molecular flexibility index (Phi) is 7.76. The van der Waals surface area contributed by atoms with Crippen LogP contribution in [0.2, 0.25) is 0 Å². The maximum Gasteiger partial charge on any atom is 0.321 e. The van der Waals surface area contributed by atoms with Gasteiger partial charge in [0.1, 0.15) is 5.25 Å². The molecule has 2 unspecified atom stereocenters. The first-order valence-electron chi connectivity index (χ1n) is 5.21. The van der Waals surface area contributed by atoms with E-state index in [1.54, 1.807) is 6.92 Å². The van der Waals surface area contributed by atoms with Gasteiger partial charge < -0.3 is 4.74 Å². The van der Waals surface area contributed by atoms with E-state index in [0.717, 1.165) is 12.8 Å². The molecule has 0 aliphatic heterocycles. The van der Waals surface area contributed by atoms with Crippen LogP contribution in [0.4, 0.5) is 0 Å². The molecule has 0 N–H and O–H groups in total. The molecular formula is C10H20O3S. The smallest absolute Gasteiger partial charge is 0.321 e.